The Kier molecular flexibility index (Phi) is 5.44. The molecule has 0 radical (unpaired) electrons. The number of benzene rings is 2. The maximum Gasteiger partial charge on any atom is 0.164 e. The molecule has 0 fully saturated rings. The maximum atomic E-state index is 12.1. The fourth-order valence-corrected chi connectivity index (χ4v) is 2.55. The minimum atomic E-state index is -0.0818. The fourth-order valence-electron chi connectivity index (χ4n) is 2.18. The maximum absolute atomic E-state index is 12.1. The van der Waals surface area contributed by atoms with Crippen molar-refractivity contribution in [3.63, 3.8) is 0 Å². The van der Waals surface area contributed by atoms with Crippen LogP contribution in [0.15, 0.2) is 66.2 Å². The largest absolute Gasteiger partial charge is 0.387 e. The lowest BCUT2D eigenvalue weighted by Crippen LogP contribution is -2.22. The van der Waals surface area contributed by atoms with Crippen LogP contribution >= 0.6 is 12.2 Å². The summed E-state index contributed by atoms with van der Waals surface area (Å²) in [6.45, 7) is 1.52. The molecular formula is C18H18N2OS. The second kappa shape index (κ2) is 7.52. The van der Waals surface area contributed by atoms with Gasteiger partial charge in [-0.15, -0.1) is 0 Å². The molecule has 0 bridgehead atoms. The van der Waals surface area contributed by atoms with Gasteiger partial charge in [0.05, 0.1) is 11.3 Å². The van der Waals surface area contributed by atoms with E-state index in [1.54, 1.807) is 7.05 Å². The number of para-hydroxylation sites is 1. The van der Waals surface area contributed by atoms with E-state index in [-0.39, 0.29) is 5.78 Å². The summed E-state index contributed by atoms with van der Waals surface area (Å²) in [7, 11) is 1.79. The van der Waals surface area contributed by atoms with Crippen LogP contribution in [0.3, 0.4) is 0 Å². The van der Waals surface area contributed by atoms with Crippen molar-refractivity contribution in [2.24, 2.45) is 0 Å². The second-order valence-electron chi connectivity index (χ2n) is 4.74. The average Bonchev–Trinajstić information content (AvgIpc) is 2.53. The molecule has 0 saturated carbocycles. The molecule has 0 aliphatic carbocycles. The highest BCUT2D eigenvalue weighted by atomic mass is 32.1. The lowest BCUT2D eigenvalue weighted by Gasteiger charge is -2.16. The van der Waals surface area contributed by atoms with Gasteiger partial charge in [-0.1, -0.05) is 60.7 Å². The zero-order valence-corrected chi connectivity index (χ0v) is 13.4. The minimum absolute atomic E-state index is 0.0818. The summed E-state index contributed by atoms with van der Waals surface area (Å²) in [5.41, 5.74) is 2.98. The van der Waals surface area contributed by atoms with E-state index in [9.17, 15) is 4.79 Å². The highest BCUT2D eigenvalue weighted by Crippen LogP contribution is 2.19. The Morgan fingerprint density at radius 1 is 0.955 bits per heavy atom. The molecule has 0 aliphatic heterocycles. The Morgan fingerprint density at radius 2 is 1.50 bits per heavy atom. The molecular weight excluding hydrogens is 292 g/mol. The molecule has 2 aromatic rings. The van der Waals surface area contributed by atoms with Crippen LogP contribution in [0.25, 0.3) is 5.70 Å². The number of thiocarbonyl (C=S) groups is 1. The summed E-state index contributed by atoms with van der Waals surface area (Å²) in [5.74, 6) is -0.0818. The first-order chi connectivity index (χ1) is 10.6. The van der Waals surface area contributed by atoms with Crippen LogP contribution in [-0.4, -0.2) is 17.8 Å². The van der Waals surface area contributed by atoms with E-state index in [0.29, 0.717) is 10.6 Å². The van der Waals surface area contributed by atoms with Crippen LogP contribution in [0, 0.1) is 0 Å². The van der Waals surface area contributed by atoms with Gasteiger partial charge in [0.2, 0.25) is 0 Å². The van der Waals surface area contributed by atoms with Crippen LogP contribution < -0.4 is 10.6 Å². The Bertz CT molecular complexity index is 694. The van der Waals surface area contributed by atoms with Crippen LogP contribution in [0.1, 0.15) is 12.5 Å². The standard InChI is InChI=1S/C18H18N2OS/c1-13(21)16(17(19-2)14-9-5-3-6-10-14)18(22)20-15-11-7-4-8-12-15/h3-12,19H,1-2H3,(H,20,22). The molecule has 2 N–H and O–H groups in total. The topological polar surface area (TPSA) is 41.1 Å². The van der Waals surface area contributed by atoms with Crippen molar-refractivity contribution in [3.8, 4) is 0 Å². The molecule has 2 rings (SSSR count). The summed E-state index contributed by atoms with van der Waals surface area (Å²) in [5, 5.41) is 6.22. The van der Waals surface area contributed by atoms with E-state index in [1.165, 1.54) is 6.92 Å². The predicted octanol–water partition coefficient (Wildman–Crippen LogP) is 3.65. The normalized spacial score (nSPS) is 11.4. The summed E-state index contributed by atoms with van der Waals surface area (Å²) in [4.78, 5) is 12.5. The zero-order valence-electron chi connectivity index (χ0n) is 12.6. The number of carbonyl (C=O) groups is 1. The van der Waals surface area contributed by atoms with Crippen molar-refractivity contribution in [2.75, 3.05) is 12.4 Å². The van der Waals surface area contributed by atoms with Crippen molar-refractivity contribution < 1.29 is 4.79 Å². The van der Waals surface area contributed by atoms with Gasteiger partial charge in [-0.2, -0.15) is 0 Å². The predicted molar refractivity (Wildman–Crippen MR) is 95.8 cm³/mol. The number of ketones is 1. The smallest absolute Gasteiger partial charge is 0.164 e. The molecule has 0 atom stereocenters. The molecule has 3 nitrogen and oxygen atoms in total. The van der Waals surface area contributed by atoms with Crippen LogP contribution in [0.4, 0.5) is 5.69 Å². The van der Waals surface area contributed by atoms with Crippen molar-refractivity contribution in [1.82, 2.24) is 5.32 Å². The van der Waals surface area contributed by atoms with Gasteiger partial charge < -0.3 is 10.6 Å². The van der Waals surface area contributed by atoms with Gasteiger partial charge in [0, 0.05) is 12.7 Å². The first-order valence-electron chi connectivity index (χ1n) is 6.98. The Hall–Kier alpha value is -2.46. The SMILES string of the molecule is CNC(=C(C(C)=O)C(=S)Nc1ccccc1)c1ccccc1. The van der Waals surface area contributed by atoms with E-state index >= 15 is 0 Å². The number of rotatable bonds is 5. The van der Waals surface area contributed by atoms with Gasteiger partial charge >= 0.3 is 0 Å². The highest BCUT2D eigenvalue weighted by molar-refractivity contribution is 7.81. The van der Waals surface area contributed by atoms with E-state index in [1.807, 2.05) is 60.7 Å². The summed E-state index contributed by atoms with van der Waals surface area (Å²) in [6.07, 6.45) is 0. The lowest BCUT2D eigenvalue weighted by molar-refractivity contribution is -0.113. The highest BCUT2D eigenvalue weighted by Gasteiger charge is 2.17. The molecule has 0 aromatic heterocycles. The summed E-state index contributed by atoms with van der Waals surface area (Å²) < 4.78 is 0. The van der Waals surface area contributed by atoms with Crippen LogP contribution in [0.5, 0.6) is 0 Å². The van der Waals surface area contributed by atoms with Gasteiger partial charge in [0.25, 0.3) is 0 Å². The third kappa shape index (κ3) is 3.80. The summed E-state index contributed by atoms with van der Waals surface area (Å²) >= 11 is 5.45. The van der Waals surface area contributed by atoms with Crippen LogP contribution in [0.2, 0.25) is 0 Å². The number of carbonyl (C=O) groups excluding carboxylic acids is 1. The van der Waals surface area contributed by atoms with E-state index in [4.69, 9.17) is 12.2 Å². The van der Waals surface area contributed by atoms with Crippen molar-refractivity contribution in [2.45, 2.75) is 6.92 Å². The van der Waals surface area contributed by atoms with E-state index in [0.717, 1.165) is 16.9 Å². The Labute approximate surface area is 136 Å². The summed E-state index contributed by atoms with van der Waals surface area (Å²) in [6, 6.07) is 19.3. The average molecular weight is 310 g/mol. The molecule has 0 spiro atoms. The Balaban J connectivity index is 2.42. The first kappa shape index (κ1) is 15.9. The third-order valence-electron chi connectivity index (χ3n) is 3.17. The Morgan fingerprint density at radius 3 is 2.00 bits per heavy atom. The van der Waals surface area contributed by atoms with Crippen molar-refractivity contribution >= 4 is 34.4 Å². The molecule has 0 aliphatic rings. The number of anilines is 1. The third-order valence-corrected chi connectivity index (χ3v) is 3.48. The van der Waals surface area contributed by atoms with Gasteiger partial charge in [0.1, 0.15) is 4.99 Å². The fraction of sp³-hybridized carbons (Fsp3) is 0.111. The molecule has 0 unspecified atom stereocenters. The van der Waals surface area contributed by atoms with Gasteiger partial charge in [-0.25, -0.2) is 0 Å². The van der Waals surface area contributed by atoms with Crippen molar-refractivity contribution in [1.29, 1.82) is 0 Å². The van der Waals surface area contributed by atoms with Gasteiger partial charge in [0.15, 0.2) is 5.78 Å². The monoisotopic (exact) mass is 310 g/mol. The van der Waals surface area contributed by atoms with Crippen LogP contribution in [-0.2, 0) is 4.79 Å². The molecule has 0 heterocycles. The quantitative estimate of drug-likeness (QED) is 0.653. The molecule has 0 saturated heterocycles. The number of hydrogen-bond acceptors (Lipinski definition) is 3. The van der Waals surface area contributed by atoms with Crippen molar-refractivity contribution in [3.05, 3.63) is 71.8 Å². The molecule has 2 aromatic carbocycles. The molecule has 112 valence electrons. The number of nitrogens with one attached hydrogen (secondary N) is 2. The first-order valence-corrected chi connectivity index (χ1v) is 7.39. The zero-order chi connectivity index (χ0) is 15.9. The molecule has 0 amide bonds. The molecule has 4 heteroatoms. The minimum Gasteiger partial charge on any atom is -0.387 e. The number of hydrogen-bond donors (Lipinski definition) is 2. The van der Waals surface area contributed by atoms with E-state index in [2.05, 4.69) is 10.6 Å². The van der Waals surface area contributed by atoms with E-state index < -0.39 is 0 Å². The number of Topliss-reactive ketones (excluding diaryl/α,β-unsaturated/α-hetero) is 1. The van der Waals surface area contributed by atoms with Gasteiger partial charge in [-0.05, 0) is 24.6 Å². The molecule has 22 heavy (non-hydrogen) atoms. The van der Waals surface area contributed by atoms with Gasteiger partial charge in [-0.3, -0.25) is 4.79 Å². The lowest BCUT2D eigenvalue weighted by atomic mass is 10.0. The second-order valence-corrected chi connectivity index (χ2v) is 5.15.